The summed E-state index contributed by atoms with van der Waals surface area (Å²) >= 11 is 0. The smallest absolute Gasteiger partial charge is 0.129 e. The maximum atomic E-state index is 13.3. The molecule has 92 valence electrons. The van der Waals surface area contributed by atoms with E-state index in [1.807, 2.05) is 30.3 Å². The van der Waals surface area contributed by atoms with Crippen LogP contribution in [0.25, 0.3) is 0 Å². The zero-order valence-corrected chi connectivity index (χ0v) is 9.82. The largest absolute Gasteiger partial charge is 0.279 e. The van der Waals surface area contributed by atoms with E-state index < -0.39 is 11.6 Å². The van der Waals surface area contributed by atoms with Crippen molar-refractivity contribution in [3.8, 4) is 0 Å². The predicted octanol–water partition coefficient (Wildman–Crippen LogP) is 3.72. The third-order valence-corrected chi connectivity index (χ3v) is 2.52. The topological polar surface area (TPSA) is 24.4 Å². The van der Waals surface area contributed by atoms with Crippen molar-refractivity contribution < 1.29 is 8.78 Å². The van der Waals surface area contributed by atoms with Crippen LogP contribution in [0.3, 0.4) is 0 Å². The van der Waals surface area contributed by atoms with Gasteiger partial charge in [0.15, 0.2) is 0 Å². The molecule has 0 heterocycles. The first-order chi connectivity index (χ1) is 8.66. The quantitative estimate of drug-likeness (QED) is 0.647. The van der Waals surface area contributed by atoms with E-state index in [2.05, 4.69) is 10.5 Å². The molecule has 0 spiro atoms. The van der Waals surface area contributed by atoms with Gasteiger partial charge in [0.25, 0.3) is 0 Å². The van der Waals surface area contributed by atoms with Crippen LogP contribution in [-0.4, -0.2) is 6.21 Å². The molecule has 1 N–H and O–H groups in total. The van der Waals surface area contributed by atoms with Crippen molar-refractivity contribution in [1.82, 2.24) is 0 Å². The molecule has 18 heavy (non-hydrogen) atoms. The summed E-state index contributed by atoms with van der Waals surface area (Å²) in [7, 11) is 0. The first kappa shape index (κ1) is 12.2. The molecule has 2 nitrogen and oxygen atoms in total. The summed E-state index contributed by atoms with van der Waals surface area (Å²) in [6.07, 6.45) is 1.40. The van der Waals surface area contributed by atoms with E-state index in [1.54, 1.807) is 6.92 Å². The van der Waals surface area contributed by atoms with Crippen LogP contribution in [0.4, 0.5) is 14.5 Å². The second-order valence-corrected chi connectivity index (χ2v) is 3.84. The van der Waals surface area contributed by atoms with Crippen LogP contribution in [0.2, 0.25) is 0 Å². The normalized spacial score (nSPS) is 10.8. The number of benzene rings is 2. The molecule has 0 saturated carbocycles. The van der Waals surface area contributed by atoms with Gasteiger partial charge in [-0.05, 0) is 30.7 Å². The molecular weight excluding hydrogens is 234 g/mol. The highest BCUT2D eigenvalue weighted by Gasteiger charge is 2.04. The Bertz CT molecular complexity index is 566. The van der Waals surface area contributed by atoms with Crippen LogP contribution in [0.5, 0.6) is 0 Å². The molecule has 0 amide bonds. The third-order valence-electron chi connectivity index (χ3n) is 2.52. The van der Waals surface area contributed by atoms with Gasteiger partial charge in [0.2, 0.25) is 0 Å². The van der Waals surface area contributed by atoms with E-state index in [0.717, 1.165) is 11.8 Å². The van der Waals surface area contributed by atoms with Crippen molar-refractivity contribution >= 4 is 11.9 Å². The molecule has 0 aliphatic rings. The molecule has 2 aromatic rings. The van der Waals surface area contributed by atoms with Crippen LogP contribution >= 0.6 is 0 Å². The van der Waals surface area contributed by atoms with Gasteiger partial charge in [0.05, 0.1) is 11.9 Å². The van der Waals surface area contributed by atoms with Gasteiger partial charge in [-0.1, -0.05) is 18.2 Å². The monoisotopic (exact) mass is 246 g/mol. The average molecular weight is 246 g/mol. The van der Waals surface area contributed by atoms with Gasteiger partial charge < -0.3 is 0 Å². The molecule has 4 heteroatoms. The molecule has 0 unspecified atom stereocenters. The average Bonchev–Trinajstić information content (AvgIpc) is 2.36. The van der Waals surface area contributed by atoms with Gasteiger partial charge in [0.1, 0.15) is 11.6 Å². The van der Waals surface area contributed by atoms with Crippen molar-refractivity contribution in [3.63, 3.8) is 0 Å². The number of anilines is 1. The van der Waals surface area contributed by atoms with Crippen LogP contribution in [0.15, 0.2) is 47.6 Å². The molecular formula is C14H12F2N2. The van der Waals surface area contributed by atoms with Crippen molar-refractivity contribution in [2.24, 2.45) is 5.10 Å². The van der Waals surface area contributed by atoms with E-state index in [0.29, 0.717) is 11.1 Å². The Balaban J connectivity index is 2.15. The number of nitrogens with one attached hydrogen (secondary N) is 1. The lowest BCUT2D eigenvalue weighted by atomic mass is 10.1. The van der Waals surface area contributed by atoms with Gasteiger partial charge >= 0.3 is 0 Å². The number of halogens is 2. The molecule has 0 aliphatic carbocycles. The summed E-state index contributed by atoms with van der Waals surface area (Å²) in [6.45, 7) is 1.58. The highest BCUT2D eigenvalue weighted by molar-refractivity contribution is 5.82. The van der Waals surface area contributed by atoms with Crippen LogP contribution < -0.4 is 5.43 Å². The number of hydrogen-bond donors (Lipinski definition) is 1. The van der Waals surface area contributed by atoms with Crippen LogP contribution in [-0.2, 0) is 0 Å². The van der Waals surface area contributed by atoms with E-state index in [9.17, 15) is 8.78 Å². The number of nitrogens with zero attached hydrogens (tertiary/aromatic N) is 1. The molecule has 0 radical (unpaired) electrons. The first-order valence-electron chi connectivity index (χ1n) is 5.46. The fourth-order valence-electron chi connectivity index (χ4n) is 1.49. The summed E-state index contributed by atoms with van der Waals surface area (Å²) in [5, 5.41) is 3.95. The van der Waals surface area contributed by atoms with Crippen molar-refractivity contribution in [2.45, 2.75) is 6.92 Å². The molecule has 0 bridgehead atoms. The van der Waals surface area contributed by atoms with Gasteiger partial charge in [-0.2, -0.15) is 5.10 Å². The second kappa shape index (κ2) is 5.40. The minimum atomic E-state index is -0.612. The predicted molar refractivity (Wildman–Crippen MR) is 68.8 cm³/mol. The molecule has 0 fully saturated rings. The van der Waals surface area contributed by atoms with E-state index in [1.165, 1.54) is 12.3 Å². The lowest BCUT2D eigenvalue weighted by Crippen LogP contribution is -1.96. The summed E-state index contributed by atoms with van der Waals surface area (Å²) < 4.78 is 26.3. The fraction of sp³-hybridized carbons (Fsp3) is 0.0714. The Labute approximate surface area is 104 Å². The molecule has 0 aromatic heterocycles. The minimum absolute atomic E-state index is 0.370. The number of hydrazone groups is 1. The van der Waals surface area contributed by atoms with Gasteiger partial charge in [-0.25, -0.2) is 8.78 Å². The Kier molecular flexibility index (Phi) is 3.67. The summed E-state index contributed by atoms with van der Waals surface area (Å²) in [5.74, 6) is -1.18. The molecule has 2 rings (SSSR count). The Morgan fingerprint density at radius 2 is 1.83 bits per heavy atom. The standard InChI is InChI=1S/C14H12F2N2/c1-10-11(7-12(15)8-14(10)16)9-17-18-13-5-3-2-4-6-13/h2-9,18H,1H3. The van der Waals surface area contributed by atoms with E-state index in [4.69, 9.17) is 0 Å². The third kappa shape index (κ3) is 2.91. The SMILES string of the molecule is Cc1c(F)cc(F)cc1C=NNc1ccccc1. The first-order valence-corrected chi connectivity index (χ1v) is 5.46. The van der Waals surface area contributed by atoms with Crippen molar-refractivity contribution in [2.75, 3.05) is 5.43 Å². The number of hydrogen-bond acceptors (Lipinski definition) is 2. The molecule has 2 aromatic carbocycles. The van der Waals surface area contributed by atoms with E-state index in [-0.39, 0.29) is 0 Å². The highest BCUT2D eigenvalue weighted by atomic mass is 19.1. The molecule has 0 saturated heterocycles. The lowest BCUT2D eigenvalue weighted by molar-refractivity contribution is 0.577. The number of rotatable bonds is 3. The number of para-hydroxylation sites is 1. The maximum Gasteiger partial charge on any atom is 0.129 e. The summed E-state index contributed by atoms with van der Waals surface area (Å²) in [5.41, 5.74) is 4.38. The Morgan fingerprint density at radius 1 is 1.11 bits per heavy atom. The second-order valence-electron chi connectivity index (χ2n) is 3.84. The summed E-state index contributed by atoms with van der Waals surface area (Å²) in [6, 6.07) is 11.4. The Hall–Kier alpha value is -2.23. The Morgan fingerprint density at radius 3 is 2.56 bits per heavy atom. The minimum Gasteiger partial charge on any atom is -0.279 e. The fourth-order valence-corrected chi connectivity index (χ4v) is 1.49. The van der Waals surface area contributed by atoms with Gasteiger partial charge in [-0.15, -0.1) is 0 Å². The van der Waals surface area contributed by atoms with Crippen LogP contribution in [0, 0.1) is 18.6 Å². The van der Waals surface area contributed by atoms with E-state index >= 15 is 0 Å². The highest BCUT2D eigenvalue weighted by Crippen LogP contribution is 2.13. The van der Waals surface area contributed by atoms with Gasteiger partial charge in [0, 0.05) is 11.6 Å². The lowest BCUT2D eigenvalue weighted by Gasteiger charge is -2.02. The zero-order chi connectivity index (χ0) is 13.0. The zero-order valence-electron chi connectivity index (χ0n) is 9.82. The van der Waals surface area contributed by atoms with Crippen molar-refractivity contribution in [3.05, 3.63) is 65.2 Å². The van der Waals surface area contributed by atoms with Crippen molar-refractivity contribution in [1.29, 1.82) is 0 Å². The molecule has 0 aliphatic heterocycles. The molecule has 0 atom stereocenters. The maximum absolute atomic E-state index is 13.3. The van der Waals surface area contributed by atoms with Gasteiger partial charge in [-0.3, -0.25) is 5.43 Å². The van der Waals surface area contributed by atoms with Crippen LogP contribution in [0.1, 0.15) is 11.1 Å². The summed E-state index contributed by atoms with van der Waals surface area (Å²) in [4.78, 5) is 0.